The van der Waals surface area contributed by atoms with Crippen LogP contribution in [0.1, 0.15) is 51.9 Å². The second-order valence-electron chi connectivity index (χ2n) is 4.59. The molecule has 0 aliphatic heterocycles. The fraction of sp³-hybridized carbons (Fsp3) is 1.00. The zero-order valence-corrected chi connectivity index (χ0v) is 10.0. The molecule has 2 nitrogen and oxygen atoms in total. The van der Waals surface area contributed by atoms with Crippen LogP contribution < -0.4 is 5.32 Å². The van der Waals surface area contributed by atoms with Gasteiger partial charge in [-0.2, -0.15) is 0 Å². The van der Waals surface area contributed by atoms with Crippen molar-refractivity contribution in [1.29, 1.82) is 0 Å². The normalized spacial score (nSPS) is 21.9. The van der Waals surface area contributed by atoms with Gasteiger partial charge in [0.2, 0.25) is 0 Å². The van der Waals surface area contributed by atoms with E-state index in [9.17, 15) is 0 Å². The quantitative estimate of drug-likeness (QED) is 0.421. The minimum Gasteiger partial charge on any atom is -0.330 e. The van der Waals surface area contributed by atoms with Gasteiger partial charge in [0.15, 0.2) is 0 Å². The Kier molecular flexibility index (Phi) is 5.90. The predicted octanol–water partition coefficient (Wildman–Crippen LogP) is 3.29. The molecule has 0 heterocycles. The molecule has 2 N–H and O–H groups in total. The van der Waals surface area contributed by atoms with Gasteiger partial charge >= 0.3 is 0 Å². The van der Waals surface area contributed by atoms with Gasteiger partial charge in [0.25, 0.3) is 0 Å². The Labute approximate surface area is 92.1 Å². The number of nitrogens with one attached hydrogen (secondary N) is 1. The van der Waals surface area contributed by atoms with E-state index in [1.807, 2.05) is 0 Å². The SMILES string of the molecule is CC1(NCCCSO)CCCCCC1. The van der Waals surface area contributed by atoms with Crippen LogP contribution in [0.5, 0.6) is 0 Å². The Balaban J connectivity index is 2.17. The lowest BCUT2D eigenvalue weighted by Gasteiger charge is -2.29. The summed E-state index contributed by atoms with van der Waals surface area (Å²) in [5, 5.41) is 3.65. The molecular formula is C11H23NOS. The van der Waals surface area contributed by atoms with E-state index < -0.39 is 0 Å². The molecule has 1 rings (SSSR count). The van der Waals surface area contributed by atoms with Crippen molar-refractivity contribution in [2.75, 3.05) is 12.3 Å². The van der Waals surface area contributed by atoms with Crippen LogP contribution in [0.15, 0.2) is 0 Å². The molecule has 1 fully saturated rings. The molecule has 1 saturated carbocycles. The molecule has 3 heteroatoms. The van der Waals surface area contributed by atoms with Crippen LogP contribution in [0.25, 0.3) is 0 Å². The van der Waals surface area contributed by atoms with Crippen molar-refractivity contribution < 1.29 is 4.55 Å². The van der Waals surface area contributed by atoms with E-state index in [1.54, 1.807) is 0 Å². The summed E-state index contributed by atoms with van der Waals surface area (Å²) in [4.78, 5) is 0. The fourth-order valence-corrected chi connectivity index (χ4v) is 2.49. The standard InChI is InChI=1S/C11H23NOS/c1-11(12-9-6-10-14-13)7-4-2-3-5-8-11/h12-13H,2-10H2,1H3. The summed E-state index contributed by atoms with van der Waals surface area (Å²) in [7, 11) is 0. The third-order valence-electron chi connectivity index (χ3n) is 3.17. The summed E-state index contributed by atoms with van der Waals surface area (Å²) in [5.74, 6) is 0.850. The lowest BCUT2D eigenvalue weighted by atomic mass is 9.92. The zero-order chi connectivity index (χ0) is 10.3. The Morgan fingerprint density at radius 3 is 2.43 bits per heavy atom. The van der Waals surface area contributed by atoms with E-state index in [0.717, 1.165) is 30.8 Å². The molecule has 14 heavy (non-hydrogen) atoms. The van der Waals surface area contributed by atoms with Gasteiger partial charge in [-0.3, -0.25) is 0 Å². The summed E-state index contributed by atoms with van der Waals surface area (Å²) in [6, 6.07) is 0. The molecule has 0 aromatic carbocycles. The summed E-state index contributed by atoms with van der Waals surface area (Å²) in [5.41, 5.74) is 0.372. The Hall–Kier alpha value is 0.270. The highest BCUT2D eigenvalue weighted by molar-refractivity contribution is 7.93. The predicted molar refractivity (Wildman–Crippen MR) is 63.8 cm³/mol. The molecule has 0 unspecified atom stereocenters. The summed E-state index contributed by atoms with van der Waals surface area (Å²) < 4.78 is 8.60. The van der Waals surface area contributed by atoms with Gasteiger partial charge < -0.3 is 9.87 Å². The van der Waals surface area contributed by atoms with Gasteiger partial charge in [0.05, 0.1) is 0 Å². The smallest absolute Gasteiger partial charge is 0.0207 e. The monoisotopic (exact) mass is 217 g/mol. The van der Waals surface area contributed by atoms with Crippen molar-refractivity contribution in [3.63, 3.8) is 0 Å². The van der Waals surface area contributed by atoms with Gasteiger partial charge in [-0.05, 0) is 44.8 Å². The van der Waals surface area contributed by atoms with Gasteiger partial charge in [-0.15, -0.1) is 0 Å². The molecule has 0 aromatic rings. The van der Waals surface area contributed by atoms with E-state index in [0.29, 0.717) is 5.54 Å². The third kappa shape index (κ3) is 4.67. The second kappa shape index (κ2) is 6.70. The molecule has 0 bridgehead atoms. The van der Waals surface area contributed by atoms with Crippen molar-refractivity contribution in [2.45, 2.75) is 57.4 Å². The molecule has 0 amide bonds. The van der Waals surface area contributed by atoms with E-state index in [2.05, 4.69) is 12.2 Å². The maximum absolute atomic E-state index is 8.60. The number of hydrogen-bond acceptors (Lipinski definition) is 3. The van der Waals surface area contributed by atoms with Crippen molar-refractivity contribution in [2.24, 2.45) is 0 Å². The van der Waals surface area contributed by atoms with E-state index in [4.69, 9.17) is 4.55 Å². The first kappa shape index (κ1) is 12.3. The van der Waals surface area contributed by atoms with Crippen LogP contribution in [0.3, 0.4) is 0 Å². The highest BCUT2D eigenvalue weighted by Crippen LogP contribution is 2.26. The molecular weight excluding hydrogens is 194 g/mol. The number of rotatable bonds is 5. The Morgan fingerprint density at radius 1 is 1.21 bits per heavy atom. The van der Waals surface area contributed by atoms with Crippen LogP contribution >= 0.6 is 12.0 Å². The number of hydrogen-bond donors (Lipinski definition) is 2. The molecule has 84 valence electrons. The zero-order valence-electron chi connectivity index (χ0n) is 9.22. The van der Waals surface area contributed by atoms with Gasteiger partial charge in [-0.25, -0.2) is 0 Å². The Morgan fingerprint density at radius 2 is 1.86 bits per heavy atom. The van der Waals surface area contributed by atoms with E-state index in [-0.39, 0.29) is 0 Å². The molecule has 1 aliphatic carbocycles. The average Bonchev–Trinajstić information content (AvgIpc) is 2.39. The van der Waals surface area contributed by atoms with Crippen molar-refractivity contribution in [3.8, 4) is 0 Å². The minimum atomic E-state index is 0.372. The summed E-state index contributed by atoms with van der Waals surface area (Å²) >= 11 is 0.951. The van der Waals surface area contributed by atoms with Crippen molar-refractivity contribution >= 4 is 12.0 Å². The van der Waals surface area contributed by atoms with E-state index in [1.165, 1.54) is 38.5 Å². The summed E-state index contributed by atoms with van der Waals surface area (Å²) in [6.45, 7) is 3.40. The minimum absolute atomic E-state index is 0.372. The summed E-state index contributed by atoms with van der Waals surface area (Å²) in [6.07, 6.45) is 9.26. The van der Waals surface area contributed by atoms with Crippen LogP contribution in [0.4, 0.5) is 0 Å². The largest absolute Gasteiger partial charge is 0.330 e. The molecule has 0 spiro atoms. The molecule has 0 saturated heterocycles. The van der Waals surface area contributed by atoms with Crippen LogP contribution in [-0.4, -0.2) is 22.4 Å². The maximum atomic E-state index is 8.60. The lowest BCUT2D eigenvalue weighted by molar-refractivity contribution is 0.314. The maximum Gasteiger partial charge on any atom is 0.0207 e. The highest BCUT2D eigenvalue weighted by atomic mass is 32.2. The lowest BCUT2D eigenvalue weighted by Crippen LogP contribution is -2.42. The molecule has 0 atom stereocenters. The van der Waals surface area contributed by atoms with E-state index >= 15 is 0 Å². The first-order valence-corrected chi connectivity index (χ1v) is 6.72. The molecule has 0 aromatic heterocycles. The van der Waals surface area contributed by atoms with Gasteiger partial charge in [-0.1, -0.05) is 25.7 Å². The van der Waals surface area contributed by atoms with Crippen LogP contribution in [0, 0.1) is 0 Å². The third-order valence-corrected chi connectivity index (χ3v) is 3.64. The first-order valence-electron chi connectivity index (χ1n) is 5.78. The fourth-order valence-electron chi connectivity index (χ4n) is 2.21. The Bertz CT molecular complexity index is 144. The first-order chi connectivity index (χ1) is 6.77. The highest BCUT2D eigenvalue weighted by Gasteiger charge is 2.23. The second-order valence-corrected chi connectivity index (χ2v) is 5.25. The van der Waals surface area contributed by atoms with Gasteiger partial charge in [0, 0.05) is 11.3 Å². The molecule has 1 aliphatic rings. The van der Waals surface area contributed by atoms with Gasteiger partial charge in [0.1, 0.15) is 0 Å². The molecule has 0 radical (unpaired) electrons. The van der Waals surface area contributed by atoms with Crippen LogP contribution in [0.2, 0.25) is 0 Å². The van der Waals surface area contributed by atoms with Crippen molar-refractivity contribution in [3.05, 3.63) is 0 Å². The topological polar surface area (TPSA) is 32.3 Å². The van der Waals surface area contributed by atoms with Crippen molar-refractivity contribution in [1.82, 2.24) is 5.32 Å². The average molecular weight is 217 g/mol. The van der Waals surface area contributed by atoms with Crippen LogP contribution in [-0.2, 0) is 0 Å².